The summed E-state index contributed by atoms with van der Waals surface area (Å²) in [5.74, 6) is 0.160. The van der Waals surface area contributed by atoms with E-state index in [2.05, 4.69) is 10.2 Å². The van der Waals surface area contributed by atoms with E-state index in [9.17, 15) is 14.4 Å². The maximum absolute atomic E-state index is 14.0. The zero-order valence-electron chi connectivity index (χ0n) is 21.5. The number of hydrogen-bond donors (Lipinski definition) is 0. The van der Waals surface area contributed by atoms with Crippen LogP contribution >= 0.6 is 11.3 Å². The largest absolute Gasteiger partial charge is 0.496 e. The summed E-state index contributed by atoms with van der Waals surface area (Å²) < 4.78 is 13.8. The van der Waals surface area contributed by atoms with E-state index in [1.54, 1.807) is 44.8 Å². The summed E-state index contributed by atoms with van der Waals surface area (Å²) in [5.41, 5.74) is -1.50. The minimum absolute atomic E-state index is 0.284. The fourth-order valence-electron chi connectivity index (χ4n) is 4.57. The van der Waals surface area contributed by atoms with Crippen LogP contribution in [0, 0.1) is 6.92 Å². The van der Waals surface area contributed by atoms with Gasteiger partial charge in [-0.25, -0.2) is 14.2 Å². The van der Waals surface area contributed by atoms with Crippen LogP contribution in [0.5, 0.6) is 5.75 Å². The normalized spacial score (nSPS) is 14.6. The number of methoxy groups -OCH3 is 1. The van der Waals surface area contributed by atoms with E-state index in [0.717, 1.165) is 15.9 Å². The summed E-state index contributed by atoms with van der Waals surface area (Å²) in [6.45, 7) is 7.40. The van der Waals surface area contributed by atoms with Crippen LogP contribution in [0.1, 0.15) is 44.7 Å². The van der Waals surface area contributed by atoms with Crippen molar-refractivity contribution in [1.82, 2.24) is 24.1 Å². The molecule has 0 unspecified atom stereocenters. The third kappa shape index (κ3) is 4.26. The summed E-state index contributed by atoms with van der Waals surface area (Å²) in [6, 6.07) is 7.61. The second-order valence-electron chi connectivity index (χ2n) is 10.2. The second-order valence-corrected chi connectivity index (χ2v) is 11.2. The molecule has 0 aliphatic heterocycles. The van der Waals surface area contributed by atoms with Crippen molar-refractivity contribution in [2.45, 2.75) is 64.6 Å². The number of para-hydroxylation sites is 1. The zero-order valence-corrected chi connectivity index (χ0v) is 22.3. The number of carbonyl (C=O) groups excluding carboxylic acids is 1. The number of carbonyl (C=O) groups is 1. The molecule has 0 radical (unpaired) electrons. The predicted molar refractivity (Wildman–Crippen MR) is 140 cm³/mol. The molecule has 1 aromatic carbocycles. The van der Waals surface area contributed by atoms with Crippen molar-refractivity contribution in [3.63, 3.8) is 0 Å². The molecular weight excluding hydrogens is 494 g/mol. The Kier molecular flexibility index (Phi) is 6.06. The van der Waals surface area contributed by atoms with Gasteiger partial charge in [0.25, 0.3) is 5.56 Å². The second kappa shape index (κ2) is 8.98. The van der Waals surface area contributed by atoms with Gasteiger partial charge in [-0.15, -0.1) is 4.80 Å². The number of esters is 1. The van der Waals surface area contributed by atoms with Crippen molar-refractivity contribution >= 4 is 27.5 Å². The lowest BCUT2D eigenvalue weighted by atomic mass is 10.1. The highest BCUT2D eigenvalue weighted by Gasteiger charge is 2.56. The Bertz CT molecular complexity index is 1600. The van der Waals surface area contributed by atoms with Gasteiger partial charge in [0.2, 0.25) is 0 Å². The Morgan fingerprint density at radius 3 is 2.43 bits per heavy atom. The van der Waals surface area contributed by atoms with Crippen LogP contribution in [0.3, 0.4) is 0 Å². The number of aromatic nitrogens is 5. The highest BCUT2D eigenvalue weighted by molar-refractivity contribution is 7.21. The lowest BCUT2D eigenvalue weighted by Crippen LogP contribution is -2.50. The summed E-state index contributed by atoms with van der Waals surface area (Å²) in [5, 5.41) is 9.47. The molecule has 4 aromatic rings. The Labute approximate surface area is 217 Å². The molecule has 1 aliphatic rings. The van der Waals surface area contributed by atoms with Gasteiger partial charge in [-0.2, -0.15) is 10.2 Å². The molecule has 1 fully saturated rings. The molecule has 0 saturated heterocycles. The number of fused-ring (bicyclic) bond motifs is 1. The number of hydrogen-bond acceptors (Lipinski definition) is 8. The fourth-order valence-corrected chi connectivity index (χ4v) is 5.81. The lowest BCUT2D eigenvalue weighted by Gasteiger charge is -2.25. The van der Waals surface area contributed by atoms with Crippen molar-refractivity contribution in [2.24, 2.45) is 0 Å². The molecule has 3 aromatic heterocycles. The minimum atomic E-state index is -1.31. The maximum Gasteiger partial charge on any atom is 0.333 e. The highest BCUT2D eigenvalue weighted by atomic mass is 32.1. The monoisotopic (exact) mass is 523 g/mol. The molecule has 11 heteroatoms. The highest BCUT2D eigenvalue weighted by Crippen LogP contribution is 2.44. The minimum Gasteiger partial charge on any atom is -0.496 e. The van der Waals surface area contributed by atoms with Gasteiger partial charge in [0, 0.05) is 12.1 Å². The Hall–Kier alpha value is -3.73. The summed E-state index contributed by atoms with van der Waals surface area (Å²) in [4.78, 5) is 43.1. The van der Waals surface area contributed by atoms with Crippen molar-refractivity contribution in [3.8, 4) is 10.8 Å². The van der Waals surface area contributed by atoms with Gasteiger partial charge >= 0.3 is 11.7 Å². The first-order valence-corrected chi connectivity index (χ1v) is 12.9. The zero-order chi connectivity index (χ0) is 26.5. The van der Waals surface area contributed by atoms with E-state index in [1.165, 1.54) is 16.1 Å². The van der Waals surface area contributed by atoms with Gasteiger partial charge in [0.05, 0.1) is 24.9 Å². The first-order chi connectivity index (χ1) is 17.6. The summed E-state index contributed by atoms with van der Waals surface area (Å²) in [6.07, 6.45) is 4.33. The third-order valence-corrected chi connectivity index (χ3v) is 7.80. The van der Waals surface area contributed by atoms with Gasteiger partial charge in [0.15, 0.2) is 5.54 Å². The average Bonchev–Trinajstić information content (AvgIpc) is 3.30. The van der Waals surface area contributed by atoms with Crippen LogP contribution in [0.2, 0.25) is 0 Å². The number of aryl methyl sites for hydroxylation is 3. The molecule has 0 spiro atoms. The van der Waals surface area contributed by atoms with Crippen LogP contribution in [0.15, 0.2) is 46.2 Å². The first kappa shape index (κ1) is 24.9. The summed E-state index contributed by atoms with van der Waals surface area (Å²) in [7, 11) is 1.60. The summed E-state index contributed by atoms with van der Waals surface area (Å²) >= 11 is 1.28. The number of nitrogens with zero attached hydrogens (tertiary/aromatic N) is 5. The van der Waals surface area contributed by atoms with Gasteiger partial charge in [-0.1, -0.05) is 29.5 Å². The predicted octanol–water partition coefficient (Wildman–Crippen LogP) is 3.20. The maximum atomic E-state index is 14.0. The molecule has 1 saturated carbocycles. The van der Waals surface area contributed by atoms with E-state index in [1.807, 2.05) is 31.2 Å². The first-order valence-electron chi connectivity index (χ1n) is 12.1. The topological polar surface area (TPSA) is 110 Å². The molecule has 5 rings (SSSR count). The Balaban J connectivity index is 1.72. The molecule has 0 bridgehead atoms. The van der Waals surface area contributed by atoms with E-state index in [4.69, 9.17) is 9.47 Å². The number of benzene rings is 1. The van der Waals surface area contributed by atoms with Crippen LogP contribution in [0.25, 0.3) is 15.2 Å². The standard InChI is InChI=1S/C26H29N5O5S/c1-16-19-20(32)30(26(11-12-26)23(33)36-25(2,3)4)24(34)29(15-10-17-8-6-7-9-18(17)35-5)22(19)37-21(16)31-27-13-14-28-31/h6-9,13-14H,10-12,15H2,1-5H3. The molecule has 1 aliphatic carbocycles. The smallest absolute Gasteiger partial charge is 0.333 e. The van der Waals surface area contributed by atoms with Crippen LogP contribution < -0.4 is 16.0 Å². The molecule has 0 N–H and O–H groups in total. The molecule has 194 valence electrons. The number of thiophene rings is 1. The number of ether oxygens (including phenoxy) is 2. The van der Waals surface area contributed by atoms with Crippen LogP contribution in [-0.4, -0.2) is 42.8 Å². The Morgan fingerprint density at radius 2 is 1.81 bits per heavy atom. The van der Waals surface area contributed by atoms with Gasteiger partial charge in [-0.3, -0.25) is 9.36 Å². The van der Waals surface area contributed by atoms with Crippen molar-refractivity contribution in [3.05, 3.63) is 68.6 Å². The average molecular weight is 524 g/mol. The molecule has 3 heterocycles. The van der Waals surface area contributed by atoms with Gasteiger partial charge in [0.1, 0.15) is 21.2 Å². The van der Waals surface area contributed by atoms with Crippen molar-refractivity contribution < 1.29 is 14.3 Å². The Morgan fingerprint density at radius 1 is 1.14 bits per heavy atom. The fraction of sp³-hybridized carbons (Fsp3) is 0.423. The SMILES string of the molecule is COc1ccccc1CCn1c(=O)n(C2(C(=O)OC(C)(C)C)CC2)c(=O)c2c(C)c(-n3nccn3)sc21. The molecular formula is C26H29N5O5S. The van der Waals surface area contributed by atoms with Crippen molar-refractivity contribution in [1.29, 1.82) is 0 Å². The van der Waals surface area contributed by atoms with Gasteiger partial charge in [-0.05, 0) is 58.6 Å². The molecule has 0 atom stereocenters. The molecule has 0 amide bonds. The number of rotatable bonds is 7. The lowest BCUT2D eigenvalue weighted by molar-refractivity contribution is -0.161. The van der Waals surface area contributed by atoms with E-state index in [-0.39, 0.29) is 6.54 Å². The van der Waals surface area contributed by atoms with Gasteiger partial charge < -0.3 is 9.47 Å². The van der Waals surface area contributed by atoms with E-state index in [0.29, 0.717) is 40.0 Å². The quantitative estimate of drug-likeness (QED) is 0.342. The van der Waals surface area contributed by atoms with Crippen LogP contribution in [-0.2, 0) is 28.0 Å². The van der Waals surface area contributed by atoms with E-state index < -0.39 is 28.4 Å². The van der Waals surface area contributed by atoms with Crippen molar-refractivity contribution in [2.75, 3.05) is 7.11 Å². The molecule has 10 nitrogen and oxygen atoms in total. The van der Waals surface area contributed by atoms with E-state index >= 15 is 0 Å². The van der Waals surface area contributed by atoms with Crippen LogP contribution in [0.4, 0.5) is 0 Å². The third-order valence-electron chi connectivity index (χ3n) is 6.52. The molecule has 37 heavy (non-hydrogen) atoms.